The fourth-order valence-electron chi connectivity index (χ4n) is 4.80. The van der Waals surface area contributed by atoms with E-state index in [0.717, 1.165) is 23.4 Å². The van der Waals surface area contributed by atoms with E-state index in [0.29, 0.717) is 5.92 Å². The van der Waals surface area contributed by atoms with Gasteiger partial charge in [0.25, 0.3) is 5.69 Å². The monoisotopic (exact) mass is 372 g/mol. The number of fused-ring (bicyclic) bond motifs is 5. The number of nitro benzene ring substituents is 1. The predicted molar refractivity (Wildman–Crippen MR) is 108 cm³/mol. The lowest BCUT2D eigenvalue weighted by Gasteiger charge is -2.38. The van der Waals surface area contributed by atoms with Gasteiger partial charge in [0.15, 0.2) is 0 Å². The summed E-state index contributed by atoms with van der Waals surface area (Å²) in [5, 5.41) is 15.0. The molecule has 0 amide bonds. The Balaban J connectivity index is 1.65. The van der Waals surface area contributed by atoms with E-state index in [1.807, 2.05) is 18.2 Å². The Morgan fingerprint density at radius 2 is 1.82 bits per heavy atom. The summed E-state index contributed by atoms with van der Waals surface area (Å²) in [6.07, 6.45) is 0.951. The van der Waals surface area contributed by atoms with Crippen LogP contribution in [-0.4, -0.2) is 12.0 Å². The van der Waals surface area contributed by atoms with Crippen LogP contribution in [-0.2, 0) is 6.42 Å². The number of nitrogens with one attached hydrogen (secondary N) is 1. The maximum atomic E-state index is 11.3. The molecule has 28 heavy (non-hydrogen) atoms. The van der Waals surface area contributed by atoms with E-state index in [2.05, 4.69) is 41.7 Å². The topological polar surface area (TPSA) is 64.4 Å². The molecule has 0 saturated carbocycles. The predicted octanol–water partition coefficient (Wildman–Crippen LogP) is 5.07. The Morgan fingerprint density at radius 1 is 1.04 bits per heavy atom. The van der Waals surface area contributed by atoms with Gasteiger partial charge in [0.2, 0.25) is 0 Å². The molecule has 5 rings (SSSR count). The highest BCUT2D eigenvalue weighted by Gasteiger charge is 2.43. The second kappa shape index (κ2) is 6.37. The lowest BCUT2D eigenvalue weighted by molar-refractivity contribution is -0.384. The van der Waals surface area contributed by atoms with Crippen molar-refractivity contribution in [1.82, 2.24) is 0 Å². The molecule has 5 heteroatoms. The van der Waals surface area contributed by atoms with Gasteiger partial charge in [-0.05, 0) is 52.8 Å². The highest BCUT2D eigenvalue weighted by atomic mass is 16.6. The Kier molecular flexibility index (Phi) is 3.83. The lowest BCUT2D eigenvalue weighted by atomic mass is 9.75. The van der Waals surface area contributed by atoms with Crippen LogP contribution < -0.4 is 10.1 Å². The summed E-state index contributed by atoms with van der Waals surface area (Å²) >= 11 is 0. The Morgan fingerprint density at radius 3 is 2.57 bits per heavy atom. The zero-order valence-corrected chi connectivity index (χ0v) is 15.5. The van der Waals surface area contributed by atoms with Crippen molar-refractivity contribution in [2.24, 2.45) is 5.92 Å². The highest BCUT2D eigenvalue weighted by Crippen LogP contribution is 2.54. The van der Waals surface area contributed by atoms with Gasteiger partial charge >= 0.3 is 0 Å². The normalized spacial score (nSPS) is 21.8. The number of methoxy groups -OCH3 is 1. The molecule has 0 saturated heterocycles. The van der Waals surface area contributed by atoms with E-state index in [1.54, 1.807) is 19.2 Å². The molecule has 0 fully saturated rings. The number of nitro groups is 1. The van der Waals surface area contributed by atoms with E-state index in [9.17, 15) is 10.1 Å². The zero-order valence-electron chi connectivity index (χ0n) is 15.5. The molecule has 1 N–H and O–H groups in total. The largest absolute Gasteiger partial charge is 0.497 e. The molecule has 0 bridgehead atoms. The third kappa shape index (κ3) is 2.54. The van der Waals surface area contributed by atoms with Crippen molar-refractivity contribution in [3.05, 3.63) is 99.1 Å². The van der Waals surface area contributed by atoms with Gasteiger partial charge in [-0.15, -0.1) is 0 Å². The van der Waals surface area contributed by atoms with Crippen LogP contribution in [0.4, 0.5) is 11.4 Å². The maximum absolute atomic E-state index is 11.3. The quantitative estimate of drug-likeness (QED) is 0.515. The van der Waals surface area contributed by atoms with E-state index in [4.69, 9.17) is 4.74 Å². The van der Waals surface area contributed by atoms with Crippen LogP contribution in [0.1, 0.15) is 34.2 Å². The van der Waals surface area contributed by atoms with Crippen molar-refractivity contribution >= 4 is 11.4 Å². The number of ether oxygens (including phenoxy) is 1. The maximum Gasteiger partial charge on any atom is 0.269 e. The number of benzene rings is 3. The van der Waals surface area contributed by atoms with Crippen molar-refractivity contribution in [3.8, 4) is 5.75 Å². The van der Waals surface area contributed by atoms with Crippen molar-refractivity contribution in [1.29, 1.82) is 0 Å². The molecule has 0 aromatic heterocycles. The molecule has 0 spiro atoms. The molecule has 3 aromatic carbocycles. The molecular formula is C23H20N2O3. The van der Waals surface area contributed by atoms with Crippen molar-refractivity contribution in [2.75, 3.05) is 12.4 Å². The first-order valence-corrected chi connectivity index (χ1v) is 9.42. The first kappa shape index (κ1) is 16.8. The first-order chi connectivity index (χ1) is 13.7. The zero-order chi connectivity index (χ0) is 19.3. The van der Waals surface area contributed by atoms with Gasteiger partial charge in [0.05, 0.1) is 18.1 Å². The molecule has 1 aliphatic heterocycles. The Bertz CT molecular complexity index is 1060. The van der Waals surface area contributed by atoms with E-state index in [1.165, 1.54) is 16.7 Å². The summed E-state index contributed by atoms with van der Waals surface area (Å²) in [6.45, 7) is 0. The first-order valence-electron chi connectivity index (χ1n) is 9.42. The number of rotatable bonds is 3. The van der Waals surface area contributed by atoms with E-state index < -0.39 is 0 Å². The fourth-order valence-corrected chi connectivity index (χ4v) is 4.80. The van der Waals surface area contributed by atoms with E-state index in [-0.39, 0.29) is 22.6 Å². The Hall–Kier alpha value is -3.34. The smallest absolute Gasteiger partial charge is 0.269 e. The van der Waals surface area contributed by atoms with Gasteiger partial charge in [0, 0.05) is 23.7 Å². The Labute approximate surface area is 163 Å². The molecule has 3 atom stereocenters. The average molecular weight is 372 g/mol. The lowest BCUT2D eigenvalue weighted by Crippen LogP contribution is -2.30. The van der Waals surface area contributed by atoms with Crippen LogP contribution in [0.15, 0.2) is 66.7 Å². The summed E-state index contributed by atoms with van der Waals surface area (Å²) in [4.78, 5) is 11.0. The van der Waals surface area contributed by atoms with Gasteiger partial charge in [0.1, 0.15) is 5.75 Å². The minimum absolute atomic E-state index is 0.136. The van der Waals surface area contributed by atoms with Crippen LogP contribution in [0.25, 0.3) is 0 Å². The van der Waals surface area contributed by atoms with Crippen molar-refractivity contribution in [3.63, 3.8) is 0 Å². The molecule has 5 nitrogen and oxygen atoms in total. The molecular weight excluding hydrogens is 352 g/mol. The van der Waals surface area contributed by atoms with Gasteiger partial charge in [-0.1, -0.05) is 36.4 Å². The number of non-ortho nitro benzene ring substituents is 1. The van der Waals surface area contributed by atoms with Crippen molar-refractivity contribution < 1.29 is 9.66 Å². The second-order valence-corrected chi connectivity index (χ2v) is 7.47. The summed E-state index contributed by atoms with van der Waals surface area (Å²) in [6, 6.07) is 22.0. The van der Waals surface area contributed by atoms with Crippen LogP contribution in [0, 0.1) is 16.0 Å². The summed E-state index contributed by atoms with van der Waals surface area (Å²) in [7, 11) is 1.67. The fraction of sp³-hybridized carbons (Fsp3) is 0.217. The number of hydrogen-bond acceptors (Lipinski definition) is 4. The third-order valence-corrected chi connectivity index (χ3v) is 6.07. The van der Waals surface area contributed by atoms with Crippen LogP contribution in [0.5, 0.6) is 5.75 Å². The highest BCUT2D eigenvalue weighted by molar-refractivity contribution is 5.65. The minimum Gasteiger partial charge on any atom is -0.497 e. The van der Waals surface area contributed by atoms with Crippen LogP contribution in [0.3, 0.4) is 0 Å². The molecule has 1 aliphatic carbocycles. The van der Waals surface area contributed by atoms with Gasteiger partial charge in [-0.2, -0.15) is 0 Å². The number of nitrogens with zero attached hydrogens (tertiary/aromatic N) is 1. The van der Waals surface area contributed by atoms with Gasteiger partial charge in [-0.3, -0.25) is 10.1 Å². The standard InChI is InChI=1S/C23H20N2O3/c1-28-17-9-6-14(7-10-17)23-20-12-15-4-2-3-5-18(15)22(20)19-13-16(25(26)27)8-11-21(19)24-23/h2-11,13,20,22-24H,12H2,1H3/t20-,22-,23+/m1/s1. The SMILES string of the molecule is COc1ccc([C@@H]2Nc3ccc([N+](=O)[O-])cc3[C@H]3c4ccccc4C[C@H]32)cc1. The van der Waals surface area contributed by atoms with E-state index >= 15 is 0 Å². The van der Waals surface area contributed by atoms with Gasteiger partial charge < -0.3 is 10.1 Å². The van der Waals surface area contributed by atoms with Crippen molar-refractivity contribution in [2.45, 2.75) is 18.4 Å². The molecule has 0 unspecified atom stereocenters. The molecule has 2 aliphatic rings. The second-order valence-electron chi connectivity index (χ2n) is 7.47. The molecule has 140 valence electrons. The number of anilines is 1. The summed E-state index contributed by atoms with van der Waals surface area (Å²) in [5.41, 5.74) is 5.96. The molecule has 1 heterocycles. The number of hydrogen-bond donors (Lipinski definition) is 1. The third-order valence-electron chi connectivity index (χ3n) is 6.07. The van der Waals surface area contributed by atoms with Crippen LogP contribution >= 0.6 is 0 Å². The molecule has 3 aromatic rings. The summed E-state index contributed by atoms with van der Waals surface area (Å²) in [5.74, 6) is 1.29. The summed E-state index contributed by atoms with van der Waals surface area (Å²) < 4.78 is 5.30. The van der Waals surface area contributed by atoms with Gasteiger partial charge in [-0.25, -0.2) is 0 Å². The minimum atomic E-state index is -0.314. The van der Waals surface area contributed by atoms with Crippen LogP contribution in [0.2, 0.25) is 0 Å². The molecule has 0 radical (unpaired) electrons. The average Bonchev–Trinajstić information content (AvgIpc) is 3.12.